The molecule has 11 heteroatoms. The van der Waals surface area contributed by atoms with E-state index in [4.69, 9.17) is 31.2 Å². The number of hydrogen-bond donors (Lipinski definition) is 3. The van der Waals surface area contributed by atoms with E-state index in [9.17, 15) is 13.2 Å². The van der Waals surface area contributed by atoms with Crippen LogP contribution in [-0.4, -0.2) is 49.8 Å². The van der Waals surface area contributed by atoms with Gasteiger partial charge in [-0.3, -0.25) is 10.2 Å². The number of halogens is 1. The molecule has 5 aromatic rings. The van der Waals surface area contributed by atoms with E-state index in [1.165, 1.54) is 12.1 Å². The summed E-state index contributed by atoms with van der Waals surface area (Å²) < 4.78 is 39.6. The third kappa shape index (κ3) is 8.49. The minimum Gasteiger partial charge on any atom is -0.494 e. The van der Waals surface area contributed by atoms with Gasteiger partial charge in [0, 0.05) is 36.6 Å². The maximum Gasteiger partial charge on any atom is 0.266 e. The first-order chi connectivity index (χ1) is 24.8. The molecule has 0 aromatic heterocycles. The van der Waals surface area contributed by atoms with Crippen LogP contribution in [0.3, 0.4) is 0 Å². The smallest absolute Gasteiger partial charge is 0.266 e. The van der Waals surface area contributed by atoms with Gasteiger partial charge < -0.3 is 14.6 Å². The zero-order valence-corrected chi connectivity index (χ0v) is 29.3. The number of nitrogens with one attached hydrogen (secondary N) is 2. The maximum absolute atomic E-state index is 14.5. The fourth-order valence-corrected chi connectivity index (χ4v) is 7.45. The summed E-state index contributed by atoms with van der Waals surface area (Å²) in [5, 5.41) is 9.64. The molecule has 51 heavy (non-hydrogen) atoms. The van der Waals surface area contributed by atoms with Gasteiger partial charge in [-0.15, -0.1) is 0 Å². The summed E-state index contributed by atoms with van der Waals surface area (Å²) in [5.41, 5.74) is 8.06. The van der Waals surface area contributed by atoms with Gasteiger partial charge in [0.15, 0.2) is 21.5 Å². The average molecular weight is 724 g/mol. The molecule has 1 amide bonds. The Hall–Kier alpha value is -5.00. The summed E-state index contributed by atoms with van der Waals surface area (Å²) in [4.78, 5) is 19.6. The predicted octanol–water partition coefficient (Wildman–Crippen LogP) is 6.71. The minimum atomic E-state index is -3.81. The molecule has 3 N–H and O–H groups in total. The molecule has 5 aromatic carbocycles. The third-order valence-corrected chi connectivity index (χ3v) is 10.7. The second-order valence-electron chi connectivity index (χ2n) is 12.1. The molecule has 1 aliphatic heterocycles. The number of amides is 1. The highest BCUT2D eigenvalue weighted by atomic mass is 35.5. The van der Waals surface area contributed by atoms with E-state index in [1.54, 1.807) is 48.5 Å². The first kappa shape index (κ1) is 35.8. The Kier molecular flexibility index (Phi) is 11.5. The SMILES string of the molecule is O=C(NNCc1ccccc1Cl)[C@@]1(CCS(=O)(=O)c2ccccc2)N=C(c2ccc(OCCCO)cc2)O[C@H]1c1ccc(-c2ccccc2)cc1. The number of ether oxygens (including phenoxy) is 2. The topological polar surface area (TPSA) is 126 Å². The average Bonchev–Trinajstić information content (AvgIpc) is 3.57. The van der Waals surface area contributed by atoms with Crippen LogP contribution in [0.1, 0.15) is 35.6 Å². The molecule has 6 rings (SSSR count). The van der Waals surface area contributed by atoms with Crippen LogP contribution in [0.25, 0.3) is 11.1 Å². The fraction of sp³-hybridized carbons (Fsp3) is 0.200. The number of hydrogen-bond acceptors (Lipinski definition) is 8. The molecule has 1 heterocycles. The molecule has 0 saturated heterocycles. The van der Waals surface area contributed by atoms with Gasteiger partial charge in [0.25, 0.3) is 5.91 Å². The van der Waals surface area contributed by atoms with Crippen molar-refractivity contribution in [2.45, 2.75) is 35.9 Å². The zero-order valence-electron chi connectivity index (χ0n) is 27.7. The van der Waals surface area contributed by atoms with Gasteiger partial charge in [-0.05, 0) is 64.7 Å². The van der Waals surface area contributed by atoms with Crippen LogP contribution in [-0.2, 0) is 25.9 Å². The molecule has 0 radical (unpaired) electrons. The maximum atomic E-state index is 14.5. The Labute approximate surface area is 302 Å². The number of hydrazine groups is 1. The molecular formula is C40H38ClN3O6S. The largest absolute Gasteiger partial charge is 0.494 e. The molecule has 1 aliphatic rings. The third-order valence-electron chi connectivity index (χ3n) is 8.64. The van der Waals surface area contributed by atoms with E-state index in [2.05, 4.69) is 10.9 Å². The highest BCUT2D eigenvalue weighted by molar-refractivity contribution is 7.91. The molecule has 2 atom stereocenters. The summed E-state index contributed by atoms with van der Waals surface area (Å²) in [7, 11) is -3.81. The molecule has 0 unspecified atom stereocenters. The van der Waals surface area contributed by atoms with Crippen LogP contribution in [0.5, 0.6) is 5.75 Å². The standard InChI is InChI=1S/C40H38ClN3O6S/c41-36-15-8-7-12-33(36)28-42-44-39(46)40(24-27-51(47,48)35-13-5-2-6-14-35)37(31-18-16-30(17-19-31)29-10-3-1-4-11-29)50-38(43-40)32-20-22-34(23-21-32)49-26-9-25-45/h1-8,10-23,37,42,45H,9,24-28H2,(H,44,46)/t37-,40-/m0/s1. The highest BCUT2D eigenvalue weighted by Crippen LogP contribution is 2.43. The van der Waals surface area contributed by atoms with Crippen molar-refractivity contribution in [3.8, 4) is 16.9 Å². The number of aliphatic imine (C=N–C) groups is 1. The van der Waals surface area contributed by atoms with E-state index in [1.807, 2.05) is 72.8 Å². The molecule has 9 nitrogen and oxygen atoms in total. The first-order valence-corrected chi connectivity index (χ1v) is 18.6. The van der Waals surface area contributed by atoms with E-state index in [-0.39, 0.29) is 36.1 Å². The van der Waals surface area contributed by atoms with Gasteiger partial charge in [0.1, 0.15) is 5.75 Å². The Balaban J connectivity index is 1.38. The summed E-state index contributed by atoms with van der Waals surface area (Å²) in [6.07, 6.45) is -0.664. The lowest BCUT2D eigenvalue weighted by Crippen LogP contribution is -2.53. The first-order valence-electron chi connectivity index (χ1n) is 16.6. The van der Waals surface area contributed by atoms with Gasteiger partial charge in [0.2, 0.25) is 5.90 Å². The number of carbonyl (C=O) groups excluding carboxylic acids is 1. The number of sulfone groups is 1. The van der Waals surface area contributed by atoms with E-state index >= 15 is 0 Å². The predicted molar refractivity (Wildman–Crippen MR) is 198 cm³/mol. The van der Waals surface area contributed by atoms with Crippen LogP contribution in [0.2, 0.25) is 5.02 Å². The van der Waals surface area contributed by atoms with Crippen molar-refractivity contribution in [2.24, 2.45) is 4.99 Å². The van der Waals surface area contributed by atoms with Crippen LogP contribution < -0.4 is 15.6 Å². The second-order valence-corrected chi connectivity index (χ2v) is 14.6. The number of aliphatic hydroxyl groups excluding tert-OH is 1. The van der Waals surface area contributed by atoms with Gasteiger partial charge in [-0.25, -0.2) is 18.8 Å². The Morgan fingerprint density at radius 3 is 2.14 bits per heavy atom. The van der Waals surface area contributed by atoms with Crippen LogP contribution in [0.15, 0.2) is 143 Å². The second kappa shape index (κ2) is 16.3. The normalized spacial score (nSPS) is 17.0. The molecule has 0 spiro atoms. The quantitative estimate of drug-likeness (QED) is 0.0810. The van der Waals surface area contributed by atoms with Crippen molar-refractivity contribution in [3.05, 3.63) is 155 Å². The summed E-state index contributed by atoms with van der Waals surface area (Å²) in [6.45, 7) is 0.595. The zero-order chi connectivity index (χ0) is 35.7. The molecule has 262 valence electrons. The number of nitrogens with zero attached hydrogens (tertiary/aromatic N) is 1. The van der Waals surface area contributed by atoms with E-state index < -0.39 is 27.4 Å². The van der Waals surface area contributed by atoms with Crippen molar-refractivity contribution in [1.82, 2.24) is 10.9 Å². The van der Waals surface area contributed by atoms with Crippen molar-refractivity contribution in [3.63, 3.8) is 0 Å². The molecule has 0 fully saturated rings. The van der Waals surface area contributed by atoms with Crippen LogP contribution in [0, 0.1) is 0 Å². The van der Waals surface area contributed by atoms with Crippen molar-refractivity contribution in [1.29, 1.82) is 0 Å². The van der Waals surface area contributed by atoms with Crippen molar-refractivity contribution < 1.29 is 27.8 Å². The van der Waals surface area contributed by atoms with Gasteiger partial charge in [-0.1, -0.05) is 103 Å². The lowest BCUT2D eigenvalue weighted by molar-refractivity contribution is -0.130. The summed E-state index contributed by atoms with van der Waals surface area (Å²) in [5.74, 6) is -0.146. The van der Waals surface area contributed by atoms with Crippen molar-refractivity contribution in [2.75, 3.05) is 19.0 Å². The van der Waals surface area contributed by atoms with Gasteiger partial charge in [-0.2, -0.15) is 0 Å². The Morgan fingerprint density at radius 1 is 0.824 bits per heavy atom. The number of aliphatic hydroxyl groups is 1. The number of carbonyl (C=O) groups is 1. The summed E-state index contributed by atoms with van der Waals surface area (Å²) >= 11 is 6.36. The Morgan fingerprint density at radius 2 is 1.45 bits per heavy atom. The van der Waals surface area contributed by atoms with E-state index in [0.717, 1.165) is 16.7 Å². The Bertz CT molecular complexity index is 2060. The molecule has 0 bridgehead atoms. The molecule has 0 aliphatic carbocycles. The fourth-order valence-electron chi connectivity index (χ4n) is 5.86. The molecule has 0 saturated carbocycles. The van der Waals surface area contributed by atoms with Crippen molar-refractivity contribution >= 4 is 33.2 Å². The van der Waals surface area contributed by atoms with Gasteiger partial charge in [0.05, 0.1) is 17.3 Å². The van der Waals surface area contributed by atoms with Crippen LogP contribution >= 0.6 is 11.6 Å². The number of rotatable bonds is 15. The lowest BCUT2D eigenvalue weighted by Gasteiger charge is -2.30. The monoisotopic (exact) mass is 723 g/mol. The van der Waals surface area contributed by atoms with Gasteiger partial charge >= 0.3 is 0 Å². The highest BCUT2D eigenvalue weighted by Gasteiger charge is 2.53. The van der Waals surface area contributed by atoms with E-state index in [0.29, 0.717) is 34.9 Å². The summed E-state index contributed by atoms with van der Waals surface area (Å²) in [6, 6.07) is 40.0. The minimum absolute atomic E-state index is 0.0217. The number of benzene rings is 5. The lowest BCUT2D eigenvalue weighted by atomic mass is 9.84. The van der Waals surface area contributed by atoms with Crippen LogP contribution in [0.4, 0.5) is 0 Å². The molecular weight excluding hydrogens is 686 g/mol.